The molecule has 0 unspecified atom stereocenters. The Hall–Kier alpha value is -2.88. The molecule has 3 fully saturated rings. The zero-order chi connectivity index (χ0) is 16.9. The molecule has 0 amide bonds. The minimum Gasteiger partial charge on any atom is -0.447 e. The van der Waals surface area contributed by atoms with E-state index in [1.54, 1.807) is 38.1 Å². The third-order valence-electron chi connectivity index (χ3n) is 4.92. The lowest BCUT2D eigenvalue weighted by Gasteiger charge is -2.60. The van der Waals surface area contributed by atoms with Crippen molar-refractivity contribution in [2.45, 2.75) is 31.7 Å². The van der Waals surface area contributed by atoms with E-state index >= 15 is 0 Å². The molecule has 0 aromatic heterocycles. The van der Waals surface area contributed by atoms with Crippen molar-refractivity contribution in [3.05, 3.63) is 35.9 Å². The zero-order valence-corrected chi connectivity index (χ0v) is 12.7. The van der Waals surface area contributed by atoms with Gasteiger partial charge in [-0.1, -0.05) is 30.3 Å². The summed E-state index contributed by atoms with van der Waals surface area (Å²) in [6.07, 6.45) is -0.807. The molecule has 3 aliphatic rings. The fourth-order valence-electron chi connectivity index (χ4n) is 3.94. The van der Waals surface area contributed by atoms with E-state index in [2.05, 4.69) is 0 Å². The molecule has 1 aromatic rings. The lowest BCUT2D eigenvalue weighted by atomic mass is 9.50. The molecule has 0 spiro atoms. The lowest BCUT2D eigenvalue weighted by molar-refractivity contribution is -0.315. The van der Waals surface area contributed by atoms with Gasteiger partial charge in [0.25, 0.3) is 0 Å². The van der Waals surface area contributed by atoms with Crippen LogP contribution in [0.15, 0.2) is 30.3 Å². The number of benzene rings is 1. The Morgan fingerprint density at radius 3 is 2.17 bits per heavy atom. The fourth-order valence-corrected chi connectivity index (χ4v) is 3.94. The quantitative estimate of drug-likeness (QED) is 0.856. The van der Waals surface area contributed by atoms with E-state index in [1.807, 2.05) is 24.3 Å². The van der Waals surface area contributed by atoms with Crippen LogP contribution in [-0.2, 0) is 9.47 Å². The maximum Gasteiger partial charge on any atom is 0.219 e. The normalized spacial score (nSPS) is 37.1. The standard InChI is InChI=1S/C17H14N4O2/c1-11-17(10-20)14(21)23-15(2,22-11)13(16(17,8-18)9-19)12-6-4-3-5-7-12/h3-7,11,13,21H,1-2H3/t11-,13-,15-,17-/m0/s1. The maximum absolute atomic E-state index is 9.91. The SMILES string of the molecule is C[C@@H]1O[C@@]2(C)OC(=N)[C@@]1(C#N)C(C#N)(C#N)[C@H]2c1ccccc1. The van der Waals surface area contributed by atoms with Gasteiger partial charge in [0.05, 0.1) is 30.2 Å². The summed E-state index contributed by atoms with van der Waals surface area (Å²) in [4.78, 5) is 0. The summed E-state index contributed by atoms with van der Waals surface area (Å²) >= 11 is 0. The van der Waals surface area contributed by atoms with E-state index in [4.69, 9.17) is 14.9 Å². The highest BCUT2D eigenvalue weighted by atomic mass is 16.7. The van der Waals surface area contributed by atoms with Crippen LogP contribution in [0.1, 0.15) is 25.3 Å². The smallest absolute Gasteiger partial charge is 0.219 e. The van der Waals surface area contributed by atoms with E-state index in [0.717, 1.165) is 0 Å². The first-order valence-electron chi connectivity index (χ1n) is 7.16. The van der Waals surface area contributed by atoms with Gasteiger partial charge in [-0.3, -0.25) is 5.41 Å². The number of nitriles is 3. The second kappa shape index (κ2) is 4.56. The monoisotopic (exact) mass is 306 g/mol. The molecule has 2 bridgehead atoms. The van der Waals surface area contributed by atoms with Gasteiger partial charge in [0, 0.05) is 6.92 Å². The van der Waals surface area contributed by atoms with Gasteiger partial charge in [0.15, 0.2) is 10.8 Å². The van der Waals surface area contributed by atoms with Gasteiger partial charge < -0.3 is 9.47 Å². The molecule has 3 heterocycles. The highest BCUT2D eigenvalue weighted by Gasteiger charge is 2.78. The number of nitrogens with one attached hydrogen (secondary N) is 1. The number of ether oxygens (including phenoxy) is 2. The van der Waals surface area contributed by atoms with Crippen LogP contribution in [0, 0.1) is 50.2 Å². The molecule has 6 heteroatoms. The lowest BCUT2D eigenvalue weighted by Crippen LogP contribution is -2.73. The molecule has 1 N–H and O–H groups in total. The molecule has 4 rings (SSSR count). The molecule has 6 nitrogen and oxygen atoms in total. The van der Waals surface area contributed by atoms with Crippen LogP contribution in [0.5, 0.6) is 0 Å². The molecule has 0 radical (unpaired) electrons. The molecule has 3 aliphatic heterocycles. The molecule has 3 saturated heterocycles. The summed E-state index contributed by atoms with van der Waals surface area (Å²) in [5, 5.41) is 37.8. The van der Waals surface area contributed by atoms with E-state index in [0.29, 0.717) is 5.56 Å². The first kappa shape index (κ1) is 15.0. The topological polar surface area (TPSA) is 114 Å². The van der Waals surface area contributed by atoms with Crippen molar-refractivity contribution in [2.75, 3.05) is 0 Å². The summed E-state index contributed by atoms with van der Waals surface area (Å²) in [5.74, 6) is -2.55. The summed E-state index contributed by atoms with van der Waals surface area (Å²) in [7, 11) is 0. The van der Waals surface area contributed by atoms with Crippen molar-refractivity contribution in [2.24, 2.45) is 10.8 Å². The Kier molecular flexibility index (Phi) is 2.98. The first-order chi connectivity index (χ1) is 10.9. The van der Waals surface area contributed by atoms with E-state index in [-0.39, 0.29) is 5.90 Å². The van der Waals surface area contributed by atoms with Gasteiger partial charge in [-0.05, 0) is 12.5 Å². The Morgan fingerprint density at radius 1 is 1.09 bits per heavy atom. The number of nitrogens with zero attached hydrogens (tertiary/aromatic N) is 3. The highest BCUT2D eigenvalue weighted by molar-refractivity contribution is 5.89. The minimum atomic E-state index is -1.77. The molecular weight excluding hydrogens is 292 g/mol. The van der Waals surface area contributed by atoms with Gasteiger partial charge in [-0.2, -0.15) is 15.8 Å². The van der Waals surface area contributed by atoms with E-state index in [1.165, 1.54) is 0 Å². The van der Waals surface area contributed by atoms with Crippen LogP contribution < -0.4 is 0 Å². The molecule has 0 saturated carbocycles. The molecule has 0 aliphatic carbocycles. The third kappa shape index (κ3) is 1.50. The van der Waals surface area contributed by atoms with Crippen LogP contribution in [0.3, 0.4) is 0 Å². The second-order valence-electron chi connectivity index (χ2n) is 6.00. The fraction of sp³-hybridized carbons (Fsp3) is 0.412. The summed E-state index contributed by atoms with van der Waals surface area (Å²) in [6.45, 7) is 3.21. The van der Waals surface area contributed by atoms with Gasteiger partial charge in [-0.25, -0.2) is 0 Å². The van der Waals surface area contributed by atoms with Crippen molar-refractivity contribution < 1.29 is 9.47 Å². The molecular formula is C17H14N4O2. The average Bonchev–Trinajstić information content (AvgIpc) is 2.54. The van der Waals surface area contributed by atoms with E-state index in [9.17, 15) is 15.8 Å². The van der Waals surface area contributed by atoms with E-state index < -0.39 is 28.6 Å². The van der Waals surface area contributed by atoms with Crippen LogP contribution >= 0.6 is 0 Å². The van der Waals surface area contributed by atoms with Crippen molar-refractivity contribution >= 4 is 5.90 Å². The second-order valence-corrected chi connectivity index (χ2v) is 6.00. The largest absolute Gasteiger partial charge is 0.447 e. The number of hydrogen-bond donors (Lipinski definition) is 1. The number of fused-ring (bicyclic) bond motifs is 3. The third-order valence-corrected chi connectivity index (χ3v) is 4.92. The average molecular weight is 306 g/mol. The minimum absolute atomic E-state index is 0.378. The Bertz CT molecular complexity index is 787. The first-order valence-corrected chi connectivity index (χ1v) is 7.16. The Labute approximate surface area is 134 Å². The molecule has 1 aromatic carbocycles. The zero-order valence-electron chi connectivity index (χ0n) is 12.7. The van der Waals surface area contributed by atoms with Crippen LogP contribution in [-0.4, -0.2) is 17.8 Å². The van der Waals surface area contributed by atoms with Gasteiger partial charge in [0.1, 0.15) is 0 Å². The van der Waals surface area contributed by atoms with Crippen molar-refractivity contribution in [3.8, 4) is 18.2 Å². The van der Waals surface area contributed by atoms with Crippen LogP contribution in [0.4, 0.5) is 0 Å². The van der Waals surface area contributed by atoms with Crippen molar-refractivity contribution in [1.82, 2.24) is 0 Å². The van der Waals surface area contributed by atoms with Gasteiger partial charge in [-0.15, -0.1) is 0 Å². The van der Waals surface area contributed by atoms with Crippen LogP contribution in [0.25, 0.3) is 0 Å². The summed E-state index contributed by atoms with van der Waals surface area (Å²) in [6, 6.07) is 15.0. The Balaban J connectivity index is 2.38. The summed E-state index contributed by atoms with van der Waals surface area (Å²) in [5.41, 5.74) is -2.88. The predicted octanol–water partition coefficient (Wildman–Crippen LogP) is 2.46. The summed E-state index contributed by atoms with van der Waals surface area (Å²) < 4.78 is 11.5. The number of hydrogen-bond acceptors (Lipinski definition) is 6. The number of rotatable bonds is 1. The Morgan fingerprint density at radius 2 is 1.70 bits per heavy atom. The highest BCUT2D eigenvalue weighted by Crippen LogP contribution is 2.65. The predicted molar refractivity (Wildman–Crippen MR) is 78.7 cm³/mol. The maximum atomic E-state index is 9.91. The molecule has 114 valence electrons. The van der Waals surface area contributed by atoms with Crippen molar-refractivity contribution in [3.63, 3.8) is 0 Å². The molecule has 4 atom stereocenters. The van der Waals surface area contributed by atoms with Crippen LogP contribution in [0.2, 0.25) is 0 Å². The van der Waals surface area contributed by atoms with Crippen molar-refractivity contribution in [1.29, 1.82) is 21.2 Å². The van der Waals surface area contributed by atoms with Gasteiger partial charge >= 0.3 is 0 Å². The molecule has 23 heavy (non-hydrogen) atoms. The van der Waals surface area contributed by atoms with Gasteiger partial charge in [0.2, 0.25) is 11.7 Å².